The molecule has 4 heteroatoms. The summed E-state index contributed by atoms with van der Waals surface area (Å²) in [6.07, 6.45) is 2.22. The van der Waals surface area contributed by atoms with E-state index in [1.165, 1.54) is 0 Å². The van der Waals surface area contributed by atoms with Gasteiger partial charge in [0.1, 0.15) is 5.75 Å². The van der Waals surface area contributed by atoms with E-state index in [9.17, 15) is 0 Å². The van der Waals surface area contributed by atoms with Crippen LogP contribution in [0.1, 0.15) is 24.5 Å². The van der Waals surface area contributed by atoms with Gasteiger partial charge in [-0.25, -0.2) is 0 Å². The van der Waals surface area contributed by atoms with Gasteiger partial charge in [-0.15, -0.1) is 0 Å². The Morgan fingerprint density at radius 3 is 2.75 bits per heavy atom. The first kappa shape index (κ1) is 15.3. The first-order chi connectivity index (χ1) is 9.85. The first-order valence-corrected chi connectivity index (χ1v) is 7.32. The molecule has 0 amide bonds. The van der Waals surface area contributed by atoms with E-state index >= 15 is 0 Å². The number of rotatable bonds is 7. The quantitative estimate of drug-likeness (QED) is 0.832. The van der Waals surface area contributed by atoms with E-state index in [2.05, 4.69) is 11.4 Å². The van der Waals surface area contributed by atoms with Gasteiger partial charge in [-0.2, -0.15) is 0 Å². The van der Waals surface area contributed by atoms with Crippen LogP contribution < -0.4 is 10.1 Å². The maximum Gasteiger partial charge on any atom is 0.124 e. The van der Waals surface area contributed by atoms with Gasteiger partial charge in [0.2, 0.25) is 0 Å². The normalized spacial score (nSPS) is 17.9. The van der Waals surface area contributed by atoms with Gasteiger partial charge in [0.25, 0.3) is 0 Å². The highest BCUT2D eigenvalue weighted by molar-refractivity contribution is 5.35. The predicted octanol–water partition coefficient (Wildman–Crippen LogP) is 2.40. The van der Waals surface area contributed by atoms with Gasteiger partial charge in [-0.1, -0.05) is 18.2 Å². The van der Waals surface area contributed by atoms with Crippen molar-refractivity contribution in [1.29, 1.82) is 0 Å². The molecule has 2 rings (SSSR count). The fourth-order valence-electron chi connectivity index (χ4n) is 2.54. The highest BCUT2D eigenvalue weighted by Gasteiger charge is 2.19. The van der Waals surface area contributed by atoms with Crippen LogP contribution in [0.4, 0.5) is 0 Å². The van der Waals surface area contributed by atoms with Crippen molar-refractivity contribution in [2.45, 2.75) is 18.9 Å². The van der Waals surface area contributed by atoms with Gasteiger partial charge >= 0.3 is 0 Å². The molecular weight excluding hydrogens is 254 g/mol. The van der Waals surface area contributed by atoms with Crippen LogP contribution in [0.5, 0.6) is 5.75 Å². The summed E-state index contributed by atoms with van der Waals surface area (Å²) in [5, 5.41) is 3.20. The number of ether oxygens (including phenoxy) is 3. The summed E-state index contributed by atoms with van der Waals surface area (Å²) in [7, 11) is 3.65. The molecule has 1 aromatic rings. The van der Waals surface area contributed by atoms with Gasteiger partial charge in [0, 0.05) is 25.3 Å². The molecule has 112 valence electrons. The number of methoxy groups -OCH3 is 1. The number of hydrogen-bond donors (Lipinski definition) is 1. The van der Waals surface area contributed by atoms with Gasteiger partial charge in [0.05, 0.1) is 19.8 Å². The van der Waals surface area contributed by atoms with Crippen LogP contribution in [-0.4, -0.2) is 40.5 Å². The highest BCUT2D eigenvalue weighted by Crippen LogP contribution is 2.28. The molecule has 1 aromatic carbocycles. The van der Waals surface area contributed by atoms with E-state index in [0.29, 0.717) is 5.92 Å². The Morgan fingerprint density at radius 1 is 1.30 bits per heavy atom. The molecule has 0 saturated carbocycles. The molecule has 1 heterocycles. The Kier molecular flexibility index (Phi) is 6.30. The predicted molar refractivity (Wildman–Crippen MR) is 79.2 cm³/mol. The molecule has 0 aliphatic carbocycles. The second kappa shape index (κ2) is 8.25. The minimum absolute atomic E-state index is 0.0268. The van der Waals surface area contributed by atoms with E-state index in [1.54, 1.807) is 7.11 Å². The summed E-state index contributed by atoms with van der Waals surface area (Å²) in [6, 6.07) is 8.07. The standard InChI is InChI=1S/C16H25NO3/c1-17-11-16(14-5-3-4-6-15(14)18-2)20-12-13-7-9-19-10-8-13/h3-6,13,16-17H,7-12H2,1-2H3. The third kappa shape index (κ3) is 4.20. The zero-order chi connectivity index (χ0) is 14.2. The number of nitrogens with one attached hydrogen (secondary N) is 1. The Bertz CT molecular complexity index is 391. The molecule has 1 unspecified atom stereocenters. The molecule has 1 aliphatic heterocycles. The lowest BCUT2D eigenvalue weighted by molar-refractivity contribution is -0.0115. The zero-order valence-corrected chi connectivity index (χ0v) is 12.4. The minimum Gasteiger partial charge on any atom is -0.496 e. The lowest BCUT2D eigenvalue weighted by Crippen LogP contribution is -2.25. The summed E-state index contributed by atoms with van der Waals surface area (Å²) in [5.74, 6) is 1.50. The van der Waals surface area contributed by atoms with Crippen LogP contribution in [0, 0.1) is 5.92 Å². The van der Waals surface area contributed by atoms with Crippen LogP contribution >= 0.6 is 0 Å². The van der Waals surface area contributed by atoms with Crippen molar-refractivity contribution in [1.82, 2.24) is 5.32 Å². The van der Waals surface area contributed by atoms with Crippen molar-refractivity contribution >= 4 is 0 Å². The van der Waals surface area contributed by atoms with Crippen molar-refractivity contribution in [2.24, 2.45) is 5.92 Å². The molecule has 0 bridgehead atoms. The van der Waals surface area contributed by atoms with Crippen molar-refractivity contribution in [3.63, 3.8) is 0 Å². The fraction of sp³-hybridized carbons (Fsp3) is 0.625. The van der Waals surface area contributed by atoms with E-state index in [4.69, 9.17) is 14.2 Å². The average molecular weight is 279 g/mol. The Morgan fingerprint density at radius 2 is 2.05 bits per heavy atom. The summed E-state index contributed by atoms with van der Waals surface area (Å²) in [5.41, 5.74) is 1.11. The monoisotopic (exact) mass is 279 g/mol. The summed E-state index contributed by atoms with van der Waals surface area (Å²) in [4.78, 5) is 0. The molecule has 0 radical (unpaired) electrons. The van der Waals surface area contributed by atoms with Crippen LogP contribution in [0.3, 0.4) is 0 Å². The number of likely N-dealkylation sites (N-methyl/N-ethyl adjacent to an activating group) is 1. The Hall–Kier alpha value is -1.10. The van der Waals surface area contributed by atoms with E-state index in [0.717, 1.165) is 50.5 Å². The Balaban J connectivity index is 1.98. The summed E-state index contributed by atoms with van der Waals surface area (Å²) in [6.45, 7) is 3.29. The zero-order valence-electron chi connectivity index (χ0n) is 12.4. The topological polar surface area (TPSA) is 39.7 Å². The third-order valence-corrected chi connectivity index (χ3v) is 3.75. The van der Waals surface area contributed by atoms with Gasteiger partial charge in [-0.05, 0) is 31.9 Å². The van der Waals surface area contributed by atoms with E-state index in [-0.39, 0.29) is 6.10 Å². The van der Waals surface area contributed by atoms with Crippen LogP contribution in [0.25, 0.3) is 0 Å². The first-order valence-electron chi connectivity index (χ1n) is 7.32. The van der Waals surface area contributed by atoms with Gasteiger partial charge in [0.15, 0.2) is 0 Å². The average Bonchev–Trinajstić information content (AvgIpc) is 2.52. The molecule has 0 aromatic heterocycles. The lowest BCUT2D eigenvalue weighted by Gasteiger charge is -2.26. The number of para-hydroxylation sites is 1. The molecule has 1 aliphatic rings. The second-order valence-electron chi connectivity index (χ2n) is 5.18. The highest BCUT2D eigenvalue weighted by atomic mass is 16.5. The van der Waals surface area contributed by atoms with Crippen molar-refractivity contribution in [2.75, 3.05) is 40.5 Å². The number of hydrogen-bond acceptors (Lipinski definition) is 4. The third-order valence-electron chi connectivity index (χ3n) is 3.75. The van der Waals surface area contributed by atoms with Crippen LogP contribution in [0.15, 0.2) is 24.3 Å². The van der Waals surface area contributed by atoms with E-state index < -0.39 is 0 Å². The second-order valence-corrected chi connectivity index (χ2v) is 5.18. The molecule has 1 saturated heterocycles. The molecule has 1 N–H and O–H groups in total. The van der Waals surface area contributed by atoms with E-state index in [1.807, 2.05) is 25.2 Å². The molecule has 1 atom stereocenters. The molecular formula is C16H25NO3. The fourth-order valence-corrected chi connectivity index (χ4v) is 2.54. The maximum atomic E-state index is 6.15. The maximum absolute atomic E-state index is 6.15. The lowest BCUT2D eigenvalue weighted by atomic mass is 10.0. The van der Waals surface area contributed by atoms with Crippen molar-refractivity contribution in [3.05, 3.63) is 29.8 Å². The molecule has 1 fully saturated rings. The van der Waals surface area contributed by atoms with Crippen molar-refractivity contribution < 1.29 is 14.2 Å². The Labute approximate surface area is 121 Å². The smallest absolute Gasteiger partial charge is 0.124 e. The number of benzene rings is 1. The van der Waals surface area contributed by atoms with Crippen LogP contribution in [0.2, 0.25) is 0 Å². The van der Waals surface area contributed by atoms with Crippen LogP contribution in [-0.2, 0) is 9.47 Å². The summed E-state index contributed by atoms with van der Waals surface area (Å²) >= 11 is 0. The largest absolute Gasteiger partial charge is 0.496 e. The SMILES string of the molecule is CNCC(OCC1CCOCC1)c1ccccc1OC. The summed E-state index contributed by atoms with van der Waals surface area (Å²) < 4.78 is 17.0. The van der Waals surface area contributed by atoms with Crippen molar-refractivity contribution in [3.8, 4) is 5.75 Å². The minimum atomic E-state index is 0.0268. The molecule has 0 spiro atoms. The van der Waals surface area contributed by atoms with Gasteiger partial charge < -0.3 is 19.5 Å². The van der Waals surface area contributed by atoms with Gasteiger partial charge in [-0.3, -0.25) is 0 Å². The molecule has 4 nitrogen and oxygen atoms in total. The molecule has 20 heavy (non-hydrogen) atoms.